The number of ether oxygens (including phenoxy) is 1. The number of rotatable bonds is 6. The molecule has 29 heavy (non-hydrogen) atoms. The van der Waals surface area contributed by atoms with Crippen molar-refractivity contribution in [3.63, 3.8) is 0 Å². The van der Waals surface area contributed by atoms with Crippen LogP contribution in [0.2, 0.25) is 0 Å². The molecular weight excluding hydrogens is 395 g/mol. The Morgan fingerprint density at radius 2 is 1.97 bits per heavy atom. The second-order valence-corrected chi connectivity index (χ2v) is 9.12. The number of piperidine rings is 1. The lowest BCUT2D eigenvalue weighted by Gasteiger charge is -2.31. The number of methoxy groups -OCH3 is 1. The normalized spacial score (nSPS) is 17.7. The quantitative estimate of drug-likeness (QED) is 0.780. The number of benzene rings is 2. The van der Waals surface area contributed by atoms with Gasteiger partial charge in [0.25, 0.3) is 0 Å². The molecule has 0 bridgehead atoms. The van der Waals surface area contributed by atoms with Gasteiger partial charge in [0, 0.05) is 19.6 Å². The molecule has 0 radical (unpaired) electrons. The first-order chi connectivity index (χ1) is 13.8. The van der Waals surface area contributed by atoms with Crippen LogP contribution in [0.1, 0.15) is 24.0 Å². The van der Waals surface area contributed by atoms with Crippen molar-refractivity contribution in [2.45, 2.75) is 31.2 Å². The van der Waals surface area contributed by atoms with Gasteiger partial charge in [-0.25, -0.2) is 12.8 Å². The summed E-state index contributed by atoms with van der Waals surface area (Å²) in [6, 6.07) is 11.0. The van der Waals surface area contributed by atoms with Crippen molar-refractivity contribution in [2.24, 2.45) is 5.92 Å². The molecule has 6 nitrogen and oxygen atoms in total. The molecule has 1 fully saturated rings. The van der Waals surface area contributed by atoms with Gasteiger partial charge in [0.2, 0.25) is 15.9 Å². The van der Waals surface area contributed by atoms with Crippen molar-refractivity contribution >= 4 is 15.9 Å². The third kappa shape index (κ3) is 4.94. The topological polar surface area (TPSA) is 75.7 Å². The summed E-state index contributed by atoms with van der Waals surface area (Å²) in [5.41, 5.74) is 1.21. The van der Waals surface area contributed by atoms with Crippen LogP contribution in [-0.4, -0.2) is 38.8 Å². The molecule has 8 heteroatoms. The summed E-state index contributed by atoms with van der Waals surface area (Å²) in [5, 5.41) is 2.80. The summed E-state index contributed by atoms with van der Waals surface area (Å²) in [5.74, 6) is -0.397. The third-order valence-corrected chi connectivity index (χ3v) is 7.03. The number of hydrogen-bond donors (Lipinski definition) is 1. The minimum atomic E-state index is -3.68. The molecule has 0 saturated carbocycles. The van der Waals surface area contributed by atoms with Crippen molar-refractivity contribution in [3.05, 3.63) is 59.4 Å². The van der Waals surface area contributed by atoms with E-state index in [2.05, 4.69) is 5.32 Å². The minimum Gasteiger partial charge on any atom is -0.497 e. The fourth-order valence-electron chi connectivity index (χ4n) is 3.35. The van der Waals surface area contributed by atoms with Gasteiger partial charge in [0.1, 0.15) is 11.6 Å². The van der Waals surface area contributed by atoms with Crippen molar-refractivity contribution in [3.8, 4) is 5.75 Å². The zero-order valence-corrected chi connectivity index (χ0v) is 17.3. The molecule has 2 aromatic rings. The summed E-state index contributed by atoms with van der Waals surface area (Å²) in [6.07, 6.45) is 1.22. The Morgan fingerprint density at radius 3 is 2.62 bits per heavy atom. The first kappa shape index (κ1) is 21.3. The number of sulfonamides is 1. The molecule has 2 aromatic carbocycles. The van der Waals surface area contributed by atoms with Crippen molar-refractivity contribution in [1.29, 1.82) is 0 Å². The molecule has 0 spiro atoms. The van der Waals surface area contributed by atoms with Crippen LogP contribution in [0.5, 0.6) is 5.75 Å². The van der Waals surface area contributed by atoms with E-state index < -0.39 is 15.9 Å². The number of carbonyl (C=O) groups excluding carboxylic acids is 1. The summed E-state index contributed by atoms with van der Waals surface area (Å²) < 4.78 is 45.9. The van der Waals surface area contributed by atoms with Crippen molar-refractivity contribution in [2.75, 3.05) is 20.2 Å². The van der Waals surface area contributed by atoms with Gasteiger partial charge < -0.3 is 10.1 Å². The van der Waals surface area contributed by atoms with Gasteiger partial charge in [-0.2, -0.15) is 4.31 Å². The summed E-state index contributed by atoms with van der Waals surface area (Å²) in [7, 11) is -2.17. The molecule has 1 amide bonds. The second-order valence-electron chi connectivity index (χ2n) is 7.18. The zero-order valence-electron chi connectivity index (χ0n) is 16.5. The van der Waals surface area contributed by atoms with E-state index in [1.165, 1.54) is 29.6 Å². The van der Waals surface area contributed by atoms with Crippen LogP contribution in [0, 0.1) is 18.7 Å². The maximum absolute atomic E-state index is 13.7. The van der Waals surface area contributed by atoms with Crippen LogP contribution in [0.4, 0.5) is 4.39 Å². The number of amides is 1. The van der Waals surface area contributed by atoms with E-state index in [-0.39, 0.29) is 29.7 Å². The average Bonchev–Trinajstić information content (AvgIpc) is 2.74. The van der Waals surface area contributed by atoms with E-state index >= 15 is 0 Å². The Bertz CT molecular complexity index is 977. The smallest absolute Gasteiger partial charge is 0.243 e. The van der Waals surface area contributed by atoms with E-state index in [1.807, 2.05) is 0 Å². The van der Waals surface area contributed by atoms with Crippen LogP contribution in [0.25, 0.3) is 0 Å². The van der Waals surface area contributed by atoms with E-state index in [0.717, 1.165) is 0 Å². The van der Waals surface area contributed by atoms with E-state index in [9.17, 15) is 17.6 Å². The Hall–Kier alpha value is -2.45. The van der Waals surface area contributed by atoms with Gasteiger partial charge >= 0.3 is 0 Å². The maximum Gasteiger partial charge on any atom is 0.243 e. The monoisotopic (exact) mass is 420 g/mol. The van der Waals surface area contributed by atoms with Crippen LogP contribution in [0.3, 0.4) is 0 Å². The molecule has 1 saturated heterocycles. The van der Waals surface area contributed by atoms with E-state index in [0.29, 0.717) is 36.3 Å². The number of aryl methyl sites for hydroxylation is 1. The molecule has 0 aliphatic carbocycles. The highest BCUT2D eigenvalue weighted by molar-refractivity contribution is 7.89. The van der Waals surface area contributed by atoms with Crippen molar-refractivity contribution in [1.82, 2.24) is 9.62 Å². The predicted molar refractivity (Wildman–Crippen MR) is 107 cm³/mol. The number of nitrogens with one attached hydrogen (secondary N) is 1. The molecule has 1 unspecified atom stereocenters. The first-order valence-electron chi connectivity index (χ1n) is 9.48. The highest BCUT2D eigenvalue weighted by atomic mass is 32.2. The molecule has 1 N–H and O–H groups in total. The van der Waals surface area contributed by atoms with Gasteiger partial charge in [0.15, 0.2) is 0 Å². The molecule has 156 valence electrons. The molecule has 1 heterocycles. The lowest BCUT2D eigenvalue weighted by Crippen LogP contribution is -2.45. The molecule has 1 aliphatic heterocycles. The molecule has 1 atom stereocenters. The van der Waals surface area contributed by atoms with Gasteiger partial charge in [0.05, 0.1) is 17.9 Å². The average molecular weight is 421 g/mol. The Morgan fingerprint density at radius 1 is 1.24 bits per heavy atom. The summed E-state index contributed by atoms with van der Waals surface area (Å²) >= 11 is 0. The lowest BCUT2D eigenvalue weighted by molar-refractivity contribution is -0.126. The van der Waals surface area contributed by atoms with E-state index in [1.54, 1.807) is 31.2 Å². The second kappa shape index (κ2) is 8.92. The fraction of sp³-hybridized carbons (Fsp3) is 0.381. The number of nitrogens with zero attached hydrogens (tertiary/aromatic N) is 1. The standard InChI is InChI=1S/C21H25FN2O4S/c1-15-5-6-16(12-20(15)22)13-23-21(25)17-4-3-11-24(14-17)29(26,27)19-9-7-18(28-2)8-10-19/h5-10,12,17H,3-4,11,13-14H2,1-2H3,(H,23,25). The van der Waals surface area contributed by atoms with Crippen molar-refractivity contribution < 1.29 is 22.3 Å². The number of hydrogen-bond acceptors (Lipinski definition) is 4. The van der Waals surface area contributed by atoms with Gasteiger partial charge in [-0.3, -0.25) is 4.79 Å². The Kier molecular flexibility index (Phi) is 6.54. The van der Waals surface area contributed by atoms with Crippen LogP contribution in [0.15, 0.2) is 47.4 Å². The van der Waals surface area contributed by atoms with Crippen LogP contribution >= 0.6 is 0 Å². The lowest BCUT2D eigenvalue weighted by atomic mass is 9.98. The molecule has 3 rings (SSSR count). The number of halogens is 1. The van der Waals surface area contributed by atoms with Crippen LogP contribution < -0.4 is 10.1 Å². The molecule has 1 aliphatic rings. The fourth-order valence-corrected chi connectivity index (χ4v) is 4.88. The highest BCUT2D eigenvalue weighted by Gasteiger charge is 2.33. The molecule has 0 aromatic heterocycles. The highest BCUT2D eigenvalue weighted by Crippen LogP contribution is 2.25. The zero-order chi connectivity index (χ0) is 21.0. The van der Waals surface area contributed by atoms with Crippen LogP contribution in [-0.2, 0) is 21.4 Å². The van der Waals surface area contributed by atoms with Gasteiger partial charge in [-0.15, -0.1) is 0 Å². The predicted octanol–water partition coefficient (Wildman–Crippen LogP) is 2.86. The molecular formula is C21H25FN2O4S. The maximum atomic E-state index is 13.7. The first-order valence-corrected chi connectivity index (χ1v) is 10.9. The third-order valence-electron chi connectivity index (χ3n) is 5.16. The Labute approximate surface area is 170 Å². The number of carbonyl (C=O) groups is 1. The summed E-state index contributed by atoms with van der Waals surface area (Å²) in [4.78, 5) is 12.7. The summed E-state index contributed by atoms with van der Waals surface area (Å²) in [6.45, 7) is 2.39. The van der Waals surface area contributed by atoms with E-state index in [4.69, 9.17) is 4.74 Å². The minimum absolute atomic E-state index is 0.127. The van der Waals surface area contributed by atoms with Gasteiger partial charge in [-0.05, 0) is 61.2 Å². The SMILES string of the molecule is COc1ccc(S(=O)(=O)N2CCCC(C(=O)NCc3ccc(C)c(F)c3)C2)cc1. The largest absolute Gasteiger partial charge is 0.497 e. The Balaban J connectivity index is 1.64. The van der Waals surface area contributed by atoms with Gasteiger partial charge in [-0.1, -0.05) is 12.1 Å².